The molecule has 2 aliphatic heterocycles. The first-order valence-electron chi connectivity index (χ1n) is 22.0. The molecular weight excluding hydrogens is 867 g/mol. The molecule has 0 radical (unpaired) electrons. The highest BCUT2D eigenvalue weighted by atomic mass is 16.5. The Kier molecular flexibility index (Phi) is 11.5. The van der Waals surface area contributed by atoms with Crippen molar-refractivity contribution in [2.45, 2.75) is 24.9 Å². The van der Waals surface area contributed by atoms with Crippen LogP contribution in [0.25, 0.3) is 33.5 Å². The van der Waals surface area contributed by atoms with Crippen molar-refractivity contribution in [1.29, 1.82) is 0 Å². The molecular formula is C50H48N11O7+. The quantitative estimate of drug-likeness (QED) is 0.0928. The lowest BCUT2D eigenvalue weighted by Crippen LogP contribution is -2.63. The standard InChI is InChI=1S/C50H47N11O7/c1-50(66,61-49(53-37-20-14-35(15-21-37)47(65)58-28-40(29-58)68-3)55-44-42(7-5-25-60(44)61)32-16-22-39(67-2)23-17-32)30-51-45(63)33-10-8-31(9-11-33)41-6-4-24-59-43(41)54-48(56-59)52-36-18-12-34(13-19-36)46(64)57-26-38(62)27-57/h4-25,38,40,62,66H,26-30H2,1-3H3,(H2,51,52,56,63,64)/p+1. The first kappa shape index (κ1) is 43.7. The van der Waals surface area contributed by atoms with Crippen molar-refractivity contribution >= 4 is 52.3 Å². The summed E-state index contributed by atoms with van der Waals surface area (Å²) in [4.78, 5) is 52.5. The molecule has 68 heavy (non-hydrogen) atoms. The van der Waals surface area contributed by atoms with Gasteiger partial charge in [0.25, 0.3) is 23.4 Å². The van der Waals surface area contributed by atoms with Crippen LogP contribution in [0.1, 0.15) is 38.0 Å². The maximum atomic E-state index is 13.8. The highest BCUT2D eigenvalue weighted by molar-refractivity contribution is 5.96. The van der Waals surface area contributed by atoms with Crippen LogP contribution < -0.4 is 25.4 Å². The summed E-state index contributed by atoms with van der Waals surface area (Å²) in [6, 6.07) is 36.3. The fourth-order valence-corrected chi connectivity index (χ4v) is 8.35. The zero-order valence-corrected chi connectivity index (χ0v) is 37.4. The van der Waals surface area contributed by atoms with Crippen LogP contribution in [0.15, 0.2) is 134 Å². The molecule has 5 N–H and O–H groups in total. The van der Waals surface area contributed by atoms with E-state index >= 15 is 0 Å². The molecule has 0 bridgehead atoms. The summed E-state index contributed by atoms with van der Waals surface area (Å²) < 4.78 is 15.7. The number of ether oxygens (including phenoxy) is 2. The summed E-state index contributed by atoms with van der Waals surface area (Å²) in [7, 11) is 3.25. The number of hydrogen-bond donors (Lipinski definition) is 5. The van der Waals surface area contributed by atoms with Crippen LogP contribution in [0, 0.1) is 0 Å². The molecule has 6 heterocycles. The van der Waals surface area contributed by atoms with Crippen LogP contribution in [0.2, 0.25) is 0 Å². The molecule has 1 unspecified atom stereocenters. The van der Waals surface area contributed by atoms with Crippen LogP contribution in [0.3, 0.4) is 0 Å². The maximum absolute atomic E-state index is 13.8. The summed E-state index contributed by atoms with van der Waals surface area (Å²) in [5.41, 5.74) is 5.43. The van der Waals surface area contributed by atoms with E-state index in [2.05, 4.69) is 21.0 Å². The smallest absolute Gasteiger partial charge is 0.419 e. The van der Waals surface area contributed by atoms with E-state index in [9.17, 15) is 24.6 Å². The highest BCUT2D eigenvalue weighted by Gasteiger charge is 2.37. The SMILES string of the molecule is COc1ccc(-c2cccn3c2nc(Nc2ccc(C(=O)N4CC(OC)C4)cc2)[n+]3C(C)(O)CNC(=O)c2ccc(-c3cccn4nc(Nc5ccc(C(=O)N6CC(O)C6)cc5)nc34)cc2)cc1. The predicted molar refractivity (Wildman–Crippen MR) is 252 cm³/mol. The number of methoxy groups -OCH3 is 2. The van der Waals surface area contributed by atoms with Gasteiger partial charge in [0.15, 0.2) is 5.65 Å². The number of anilines is 4. The van der Waals surface area contributed by atoms with Gasteiger partial charge in [-0.25, -0.2) is 9.83 Å². The van der Waals surface area contributed by atoms with Crippen LogP contribution >= 0.6 is 0 Å². The molecule has 8 aromatic rings. The number of pyridine rings is 2. The average Bonchev–Trinajstić information content (AvgIpc) is 3.93. The van der Waals surface area contributed by atoms with Crippen molar-refractivity contribution in [1.82, 2.24) is 39.2 Å². The Morgan fingerprint density at radius 2 is 1.26 bits per heavy atom. The van der Waals surface area contributed by atoms with E-state index in [0.717, 1.165) is 22.3 Å². The molecule has 2 fully saturated rings. The fraction of sp³-hybridized carbons (Fsp3) is 0.220. The number of carbonyl (C=O) groups is 3. The number of carbonyl (C=O) groups excluding carboxylic acids is 3. The largest absolute Gasteiger partial charge is 0.497 e. The van der Waals surface area contributed by atoms with Crippen molar-refractivity contribution < 1.29 is 38.8 Å². The first-order valence-corrected chi connectivity index (χ1v) is 22.0. The number of likely N-dealkylation sites (tertiary alicyclic amines) is 2. The van der Waals surface area contributed by atoms with Crippen molar-refractivity contribution in [2.24, 2.45) is 0 Å². The Morgan fingerprint density at radius 1 is 0.706 bits per heavy atom. The Hall–Kier alpha value is -8.19. The number of nitrogens with zero attached hydrogens (tertiary/aromatic N) is 8. The second kappa shape index (κ2) is 17.9. The second-order valence-electron chi connectivity index (χ2n) is 17.0. The number of β-amino-alcohol motifs (C(OH)–C–C–N with tert-alkyl or cyclic N) is 1. The van der Waals surface area contributed by atoms with E-state index in [4.69, 9.17) is 19.4 Å². The highest BCUT2D eigenvalue weighted by Crippen LogP contribution is 2.29. The number of amides is 3. The summed E-state index contributed by atoms with van der Waals surface area (Å²) in [5.74, 6) is 0.743. The first-order chi connectivity index (χ1) is 32.9. The molecule has 18 heteroatoms. The second-order valence-corrected chi connectivity index (χ2v) is 17.0. The number of aliphatic hydroxyl groups is 2. The lowest BCUT2D eigenvalue weighted by atomic mass is 10.0. The van der Waals surface area contributed by atoms with Crippen LogP contribution in [0.4, 0.5) is 23.3 Å². The van der Waals surface area contributed by atoms with Gasteiger partial charge < -0.3 is 40.1 Å². The van der Waals surface area contributed by atoms with E-state index in [1.165, 1.54) is 0 Å². The van der Waals surface area contributed by atoms with Crippen molar-refractivity contribution in [2.75, 3.05) is 57.6 Å². The molecule has 2 aliphatic rings. The van der Waals surface area contributed by atoms with Gasteiger partial charge in [0.1, 0.15) is 5.75 Å². The Labute approximate surface area is 390 Å². The zero-order chi connectivity index (χ0) is 47.1. The van der Waals surface area contributed by atoms with Crippen molar-refractivity contribution in [3.05, 3.63) is 150 Å². The van der Waals surface area contributed by atoms with Gasteiger partial charge >= 0.3 is 5.95 Å². The minimum atomic E-state index is -1.73. The minimum Gasteiger partial charge on any atom is -0.497 e. The minimum absolute atomic E-state index is 0.0450. The molecule has 18 nitrogen and oxygen atoms in total. The van der Waals surface area contributed by atoms with Crippen molar-refractivity contribution in [3.8, 4) is 28.0 Å². The molecule has 3 amide bonds. The lowest BCUT2D eigenvalue weighted by Gasteiger charge is -2.38. The number of nitrogens with one attached hydrogen (secondary N) is 3. The van der Waals surface area contributed by atoms with Gasteiger partial charge in [-0.3, -0.25) is 14.4 Å². The van der Waals surface area contributed by atoms with Gasteiger partial charge in [-0.05, 0) is 113 Å². The number of hydrogen-bond acceptors (Lipinski definition) is 12. The lowest BCUT2D eigenvalue weighted by molar-refractivity contribution is -0.842. The maximum Gasteiger partial charge on any atom is 0.419 e. The summed E-state index contributed by atoms with van der Waals surface area (Å²) in [6.07, 6.45) is 3.16. The molecule has 344 valence electrons. The zero-order valence-electron chi connectivity index (χ0n) is 37.4. The summed E-state index contributed by atoms with van der Waals surface area (Å²) in [6.45, 7) is 3.16. The van der Waals surface area contributed by atoms with Crippen LogP contribution in [-0.4, -0.2) is 121 Å². The Bertz CT molecular complexity index is 3160. The number of rotatable bonds is 14. The number of aliphatic hydroxyl groups excluding tert-OH is 1. The van der Waals surface area contributed by atoms with E-state index in [-0.39, 0.29) is 30.4 Å². The fourth-order valence-electron chi connectivity index (χ4n) is 8.35. The normalized spacial score (nSPS) is 14.8. The number of benzene rings is 4. The average molecular weight is 915 g/mol. The van der Waals surface area contributed by atoms with E-state index in [1.807, 2.05) is 60.7 Å². The monoisotopic (exact) mass is 914 g/mol. The van der Waals surface area contributed by atoms with Gasteiger partial charge in [-0.15, -0.1) is 9.78 Å². The third-order valence-electron chi connectivity index (χ3n) is 12.2. The molecule has 0 spiro atoms. The molecule has 1 atom stereocenters. The van der Waals surface area contributed by atoms with Gasteiger partial charge in [0.05, 0.1) is 31.5 Å². The van der Waals surface area contributed by atoms with Gasteiger partial charge in [0, 0.05) is 86.1 Å². The van der Waals surface area contributed by atoms with Crippen LogP contribution in [0.5, 0.6) is 5.75 Å². The third kappa shape index (κ3) is 8.54. The third-order valence-corrected chi connectivity index (χ3v) is 12.2. The molecule has 4 aromatic heterocycles. The van der Waals surface area contributed by atoms with E-state index in [1.54, 1.807) is 118 Å². The van der Waals surface area contributed by atoms with Gasteiger partial charge in [-0.2, -0.15) is 9.50 Å². The molecule has 0 saturated carbocycles. The predicted octanol–water partition coefficient (Wildman–Crippen LogP) is 4.88. The molecule has 10 rings (SSSR count). The summed E-state index contributed by atoms with van der Waals surface area (Å²) in [5, 5.41) is 35.9. The molecule has 0 aliphatic carbocycles. The molecule has 4 aromatic carbocycles. The van der Waals surface area contributed by atoms with E-state index < -0.39 is 17.7 Å². The Morgan fingerprint density at radius 3 is 1.87 bits per heavy atom. The summed E-state index contributed by atoms with van der Waals surface area (Å²) >= 11 is 0. The number of aromatic nitrogens is 6. The van der Waals surface area contributed by atoms with E-state index in [0.29, 0.717) is 77.2 Å². The van der Waals surface area contributed by atoms with Crippen LogP contribution in [-0.2, 0) is 10.5 Å². The number of fused-ring (bicyclic) bond motifs is 2. The Balaban J connectivity index is 0.860. The topological polar surface area (TPSA) is 204 Å². The van der Waals surface area contributed by atoms with Gasteiger partial charge in [0.2, 0.25) is 11.7 Å². The van der Waals surface area contributed by atoms with Crippen molar-refractivity contribution in [3.63, 3.8) is 0 Å². The molecule has 2 saturated heterocycles. The van der Waals surface area contributed by atoms with Gasteiger partial charge in [-0.1, -0.05) is 24.3 Å².